The van der Waals surface area contributed by atoms with Crippen molar-refractivity contribution in [1.29, 1.82) is 0 Å². The van der Waals surface area contributed by atoms with E-state index in [1.54, 1.807) is 12.5 Å². The maximum Gasteiger partial charge on any atom is 0.242 e. The van der Waals surface area contributed by atoms with Gasteiger partial charge >= 0.3 is 0 Å². The first-order valence-corrected chi connectivity index (χ1v) is 8.49. The summed E-state index contributed by atoms with van der Waals surface area (Å²) in [5.74, 6) is 0.711. The van der Waals surface area contributed by atoms with E-state index in [2.05, 4.69) is 30.2 Å². The fourth-order valence-electron chi connectivity index (χ4n) is 3.28. The summed E-state index contributed by atoms with van der Waals surface area (Å²) in [4.78, 5) is 36.5. The second-order valence-corrected chi connectivity index (χ2v) is 6.25. The van der Waals surface area contributed by atoms with Crippen molar-refractivity contribution in [3.05, 3.63) is 42.7 Å². The number of carbonyl (C=O) groups excluding carboxylic acids is 1. The minimum Gasteiger partial charge on any atom is -0.348 e. The highest BCUT2D eigenvalue weighted by Gasteiger charge is 2.29. The molecule has 4 rings (SSSR count). The summed E-state index contributed by atoms with van der Waals surface area (Å²) >= 11 is 0. The van der Waals surface area contributed by atoms with Crippen molar-refractivity contribution >= 4 is 47.7 Å². The molecule has 1 amide bonds. The van der Waals surface area contributed by atoms with E-state index in [4.69, 9.17) is 0 Å². The molecule has 0 spiro atoms. The third-order valence-corrected chi connectivity index (χ3v) is 4.57. The van der Waals surface area contributed by atoms with Crippen molar-refractivity contribution in [2.24, 2.45) is 0 Å². The van der Waals surface area contributed by atoms with Gasteiger partial charge in [0.1, 0.15) is 11.8 Å². The topological polar surface area (TPSA) is 103 Å². The molecule has 3 aromatic rings. The van der Waals surface area contributed by atoms with Crippen LogP contribution < -0.4 is 10.2 Å². The number of nitrogens with zero attached hydrogens (tertiary/aromatic N) is 6. The minimum atomic E-state index is -0.0177. The number of anilines is 1. The molecule has 1 unspecified atom stereocenters. The molecule has 0 bridgehead atoms. The number of pyridine rings is 1. The van der Waals surface area contributed by atoms with E-state index in [0.29, 0.717) is 18.0 Å². The van der Waals surface area contributed by atoms with Gasteiger partial charge in [0.25, 0.3) is 0 Å². The summed E-state index contributed by atoms with van der Waals surface area (Å²) in [6.45, 7) is 2.39. The molecule has 4 heterocycles. The number of rotatable bonds is 4. The van der Waals surface area contributed by atoms with Crippen LogP contribution in [0.4, 0.5) is 5.82 Å². The van der Waals surface area contributed by atoms with Crippen LogP contribution in [0.1, 0.15) is 11.6 Å². The molecule has 9 nitrogen and oxygen atoms in total. The molecule has 0 radical (unpaired) electrons. The zero-order valence-corrected chi connectivity index (χ0v) is 16.9. The third kappa shape index (κ3) is 4.32. The molecule has 3 aromatic heterocycles. The third-order valence-electron chi connectivity index (χ3n) is 4.57. The molecule has 28 heavy (non-hydrogen) atoms. The Morgan fingerprint density at radius 3 is 2.96 bits per heavy atom. The number of hydrogen-bond acceptors (Lipinski definition) is 7. The number of piperazine rings is 1. The summed E-state index contributed by atoms with van der Waals surface area (Å²) in [5.41, 5.74) is 2.35. The van der Waals surface area contributed by atoms with Gasteiger partial charge in [-0.05, 0) is 11.6 Å². The van der Waals surface area contributed by atoms with E-state index >= 15 is 0 Å². The molecule has 1 atom stereocenters. The summed E-state index contributed by atoms with van der Waals surface area (Å²) in [7, 11) is 1.85. The number of amides is 1. The fraction of sp³-hybridized carbons (Fsp3) is 0.353. The summed E-state index contributed by atoms with van der Waals surface area (Å²) in [6, 6.07) is 3.89. The number of imidazole rings is 1. The Morgan fingerprint density at radius 1 is 1.32 bits per heavy atom. The van der Waals surface area contributed by atoms with Gasteiger partial charge in [-0.15, -0.1) is 24.8 Å². The molecule has 1 fully saturated rings. The number of likely N-dealkylation sites (N-methyl/N-ethyl adjacent to an activating group) is 1. The standard InChI is InChI=1S/C17H20N8O.2ClH/c1-24(17-15-16(21-10-20-15)22-11-23-17)9-14(26)25-6-5-19-8-13(25)12-3-2-4-18-7-12;;/h2-4,7,10-11,13,19H,5-6,8-9H2,1H3,(H,20,21,22,23);2*1H. The van der Waals surface area contributed by atoms with E-state index in [1.807, 2.05) is 35.2 Å². The molecule has 1 saturated heterocycles. The van der Waals surface area contributed by atoms with E-state index in [9.17, 15) is 4.79 Å². The second kappa shape index (κ2) is 9.63. The summed E-state index contributed by atoms with van der Waals surface area (Å²) in [6.07, 6.45) is 6.60. The number of hydrogen-bond donors (Lipinski definition) is 2. The van der Waals surface area contributed by atoms with Gasteiger partial charge in [-0.1, -0.05) is 6.07 Å². The lowest BCUT2D eigenvalue weighted by Gasteiger charge is -2.37. The monoisotopic (exact) mass is 424 g/mol. The van der Waals surface area contributed by atoms with Gasteiger partial charge in [-0.2, -0.15) is 0 Å². The highest BCUT2D eigenvalue weighted by molar-refractivity contribution is 5.87. The van der Waals surface area contributed by atoms with Gasteiger partial charge in [0, 0.05) is 39.1 Å². The van der Waals surface area contributed by atoms with Crippen molar-refractivity contribution in [2.45, 2.75) is 6.04 Å². The van der Waals surface area contributed by atoms with Crippen LogP contribution >= 0.6 is 24.8 Å². The van der Waals surface area contributed by atoms with Crippen LogP contribution in [0.5, 0.6) is 0 Å². The zero-order valence-electron chi connectivity index (χ0n) is 15.3. The normalized spacial score (nSPS) is 16.2. The Morgan fingerprint density at radius 2 is 2.18 bits per heavy atom. The molecule has 150 valence electrons. The van der Waals surface area contributed by atoms with Gasteiger partial charge in [-0.25, -0.2) is 15.0 Å². The molecular weight excluding hydrogens is 403 g/mol. The highest BCUT2D eigenvalue weighted by Crippen LogP contribution is 2.23. The Bertz CT molecular complexity index is 906. The van der Waals surface area contributed by atoms with Crippen LogP contribution in [0.15, 0.2) is 37.2 Å². The predicted octanol–water partition coefficient (Wildman–Crippen LogP) is 1.20. The first kappa shape index (κ1) is 21.8. The van der Waals surface area contributed by atoms with Crippen LogP contribution in [-0.2, 0) is 4.79 Å². The summed E-state index contributed by atoms with van der Waals surface area (Å²) < 4.78 is 0. The SMILES string of the molecule is CN(CC(=O)N1CCNCC1c1cccnc1)c1ncnc2nc[nH]c12.Cl.Cl. The lowest BCUT2D eigenvalue weighted by Crippen LogP contribution is -2.51. The average molecular weight is 425 g/mol. The van der Waals surface area contributed by atoms with Gasteiger partial charge in [0.2, 0.25) is 5.91 Å². The van der Waals surface area contributed by atoms with Gasteiger partial charge in [0.05, 0.1) is 18.9 Å². The Labute approximate surface area is 174 Å². The van der Waals surface area contributed by atoms with E-state index in [1.165, 1.54) is 6.33 Å². The average Bonchev–Trinajstić information content (AvgIpc) is 3.17. The number of aromatic amines is 1. The molecule has 0 aromatic carbocycles. The first-order chi connectivity index (χ1) is 12.7. The van der Waals surface area contributed by atoms with Crippen molar-refractivity contribution in [3.63, 3.8) is 0 Å². The van der Waals surface area contributed by atoms with Crippen molar-refractivity contribution < 1.29 is 4.79 Å². The number of nitrogens with one attached hydrogen (secondary N) is 2. The molecule has 1 aliphatic heterocycles. The lowest BCUT2D eigenvalue weighted by atomic mass is 10.1. The van der Waals surface area contributed by atoms with Crippen molar-refractivity contribution in [1.82, 2.24) is 35.1 Å². The van der Waals surface area contributed by atoms with Crippen LogP contribution in [-0.4, -0.2) is 69.0 Å². The Balaban J connectivity index is 0.00000140. The second-order valence-electron chi connectivity index (χ2n) is 6.25. The largest absolute Gasteiger partial charge is 0.348 e. The lowest BCUT2D eigenvalue weighted by molar-refractivity contribution is -0.133. The van der Waals surface area contributed by atoms with E-state index < -0.39 is 0 Å². The van der Waals surface area contributed by atoms with Crippen LogP contribution in [0.25, 0.3) is 11.2 Å². The maximum absolute atomic E-state index is 13.0. The first-order valence-electron chi connectivity index (χ1n) is 8.49. The number of halogens is 2. The molecule has 0 saturated carbocycles. The van der Waals surface area contributed by atoms with Gasteiger partial charge in [-0.3, -0.25) is 9.78 Å². The van der Waals surface area contributed by atoms with Crippen LogP contribution in [0.2, 0.25) is 0 Å². The van der Waals surface area contributed by atoms with Gasteiger partial charge < -0.3 is 20.1 Å². The number of carbonyl (C=O) groups is 1. The van der Waals surface area contributed by atoms with E-state index in [0.717, 1.165) is 24.2 Å². The summed E-state index contributed by atoms with van der Waals surface area (Å²) in [5, 5.41) is 3.35. The number of aromatic nitrogens is 5. The number of fused-ring (bicyclic) bond motifs is 1. The molecule has 11 heteroatoms. The van der Waals surface area contributed by atoms with Crippen LogP contribution in [0.3, 0.4) is 0 Å². The zero-order chi connectivity index (χ0) is 17.9. The quantitative estimate of drug-likeness (QED) is 0.648. The van der Waals surface area contributed by atoms with Crippen molar-refractivity contribution in [2.75, 3.05) is 38.1 Å². The smallest absolute Gasteiger partial charge is 0.242 e. The van der Waals surface area contributed by atoms with E-state index in [-0.39, 0.29) is 43.3 Å². The highest BCUT2D eigenvalue weighted by atomic mass is 35.5. The Hall–Kier alpha value is -2.49. The number of H-pyrrole nitrogens is 1. The molecule has 0 aliphatic carbocycles. The minimum absolute atomic E-state index is 0. The molecular formula is C17H22Cl2N8O. The molecule has 1 aliphatic rings. The van der Waals surface area contributed by atoms with Crippen LogP contribution in [0, 0.1) is 0 Å². The van der Waals surface area contributed by atoms with Crippen molar-refractivity contribution in [3.8, 4) is 0 Å². The predicted molar refractivity (Wildman–Crippen MR) is 111 cm³/mol. The Kier molecular flexibility index (Phi) is 7.50. The van der Waals surface area contributed by atoms with Gasteiger partial charge in [0.15, 0.2) is 11.5 Å². The fourth-order valence-corrected chi connectivity index (χ4v) is 3.28. The maximum atomic E-state index is 13.0. The molecule has 2 N–H and O–H groups in total.